The highest BCUT2D eigenvalue weighted by Gasteiger charge is 2.19. The van der Waals surface area contributed by atoms with Crippen molar-refractivity contribution in [3.63, 3.8) is 0 Å². The molecule has 114 valence electrons. The van der Waals surface area contributed by atoms with E-state index in [1.807, 2.05) is 12.1 Å². The van der Waals surface area contributed by atoms with Crippen LogP contribution in [0.4, 0.5) is 0 Å². The van der Waals surface area contributed by atoms with Crippen LogP contribution in [0.25, 0.3) is 0 Å². The van der Waals surface area contributed by atoms with Crippen LogP contribution in [-0.2, 0) is 6.54 Å². The minimum Gasteiger partial charge on any atom is -0.497 e. The minimum atomic E-state index is 0.396. The van der Waals surface area contributed by atoms with Crippen LogP contribution >= 0.6 is 0 Å². The molecule has 1 aromatic carbocycles. The standard InChI is InChI=1S/C18H26N2O/c1-3-15-6-5-11-20(13-15)14-17-12-18(21-2)9-8-16(17)7-4-10-19/h8-9,12,15H,3,5-6,10-11,13-14,19H2,1-2H3. The van der Waals surface area contributed by atoms with Crippen LogP contribution in [0.5, 0.6) is 5.75 Å². The monoisotopic (exact) mass is 286 g/mol. The molecule has 1 unspecified atom stereocenters. The van der Waals surface area contributed by atoms with Gasteiger partial charge in [0, 0.05) is 18.7 Å². The summed E-state index contributed by atoms with van der Waals surface area (Å²) in [6, 6.07) is 6.11. The molecule has 1 saturated heterocycles. The van der Waals surface area contributed by atoms with Gasteiger partial charge >= 0.3 is 0 Å². The van der Waals surface area contributed by atoms with E-state index in [2.05, 4.69) is 29.7 Å². The Morgan fingerprint density at radius 2 is 2.29 bits per heavy atom. The van der Waals surface area contributed by atoms with Crippen molar-refractivity contribution in [3.05, 3.63) is 29.3 Å². The Morgan fingerprint density at radius 3 is 3.00 bits per heavy atom. The molecule has 1 aliphatic heterocycles. The Morgan fingerprint density at radius 1 is 1.43 bits per heavy atom. The van der Waals surface area contributed by atoms with E-state index in [1.165, 1.54) is 37.9 Å². The fourth-order valence-corrected chi connectivity index (χ4v) is 2.97. The van der Waals surface area contributed by atoms with Gasteiger partial charge in [-0.2, -0.15) is 0 Å². The van der Waals surface area contributed by atoms with E-state index in [1.54, 1.807) is 7.11 Å². The van der Waals surface area contributed by atoms with Gasteiger partial charge < -0.3 is 10.5 Å². The molecule has 0 spiro atoms. The number of hydrogen-bond acceptors (Lipinski definition) is 3. The van der Waals surface area contributed by atoms with Gasteiger partial charge in [0.25, 0.3) is 0 Å². The number of ether oxygens (including phenoxy) is 1. The number of nitrogens with two attached hydrogens (primary N) is 1. The highest BCUT2D eigenvalue weighted by molar-refractivity contribution is 5.45. The molecule has 0 saturated carbocycles. The molecule has 1 heterocycles. The van der Waals surface area contributed by atoms with Crippen LogP contribution in [-0.4, -0.2) is 31.6 Å². The maximum Gasteiger partial charge on any atom is 0.119 e. The maximum absolute atomic E-state index is 5.49. The quantitative estimate of drug-likeness (QED) is 0.865. The molecule has 1 aliphatic rings. The van der Waals surface area contributed by atoms with Gasteiger partial charge in [-0.1, -0.05) is 25.2 Å². The number of hydrogen-bond donors (Lipinski definition) is 1. The Hall–Kier alpha value is -1.50. The fraction of sp³-hybridized carbons (Fsp3) is 0.556. The summed E-state index contributed by atoms with van der Waals surface area (Å²) >= 11 is 0. The SMILES string of the molecule is CCC1CCCN(Cc2cc(OC)ccc2C#CCN)C1. The van der Waals surface area contributed by atoms with Crippen molar-refractivity contribution in [2.24, 2.45) is 11.7 Å². The van der Waals surface area contributed by atoms with Gasteiger partial charge in [-0.3, -0.25) is 4.90 Å². The molecule has 2 rings (SSSR count). The van der Waals surface area contributed by atoms with E-state index in [0.717, 1.165) is 23.8 Å². The third-order valence-electron chi connectivity index (χ3n) is 4.21. The van der Waals surface area contributed by atoms with Crippen molar-refractivity contribution in [2.45, 2.75) is 32.7 Å². The lowest BCUT2D eigenvalue weighted by Gasteiger charge is -2.32. The van der Waals surface area contributed by atoms with Crippen LogP contribution in [0.1, 0.15) is 37.3 Å². The average Bonchev–Trinajstić information content (AvgIpc) is 2.53. The fourth-order valence-electron chi connectivity index (χ4n) is 2.97. The molecule has 0 radical (unpaired) electrons. The van der Waals surface area contributed by atoms with Crippen LogP contribution in [0.3, 0.4) is 0 Å². The van der Waals surface area contributed by atoms with Gasteiger partial charge in [0.15, 0.2) is 0 Å². The zero-order chi connectivity index (χ0) is 15.1. The summed E-state index contributed by atoms with van der Waals surface area (Å²) in [7, 11) is 1.71. The summed E-state index contributed by atoms with van der Waals surface area (Å²) in [6.45, 7) is 6.00. The number of likely N-dealkylation sites (tertiary alicyclic amines) is 1. The predicted molar refractivity (Wildman–Crippen MR) is 87.2 cm³/mol. The van der Waals surface area contributed by atoms with E-state index in [-0.39, 0.29) is 0 Å². The summed E-state index contributed by atoms with van der Waals surface area (Å²) in [4.78, 5) is 2.54. The molecule has 0 bridgehead atoms. The van der Waals surface area contributed by atoms with Crippen LogP contribution in [0.2, 0.25) is 0 Å². The summed E-state index contributed by atoms with van der Waals surface area (Å²) in [6.07, 6.45) is 3.94. The topological polar surface area (TPSA) is 38.5 Å². The highest BCUT2D eigenvalue weighted by atomic mass is 16.5. The third kappa shape index (κ3) is 4.49. The van der Waals surface area contributed by atoms with Crippen molar-refractivity contribution in [2.75, 3.05) is 26.7 Å². The van der Waals surface area contributed by atoms with E-state index < -0.39 is 0 Å². The zero-order valence-electron chi connectivity index (χ0n) is 13.2. The summed E-state index contributed by atoms with van der Waals surface area (Å²) in [5.41, 5.74) is 7.81. The molecule has 1 aromatic rings. The lowest BCUT2D eigenvalue weighted by atomic mass is 9.95. The highest BCUT2D eigenvalue weighted by Crippen LogP contribution is 2.24. The largest absolute Gasteiger partial charge is 0.497 e. The Balaban J connectivity index is 2.16. The number of piperidine rings is 1. The van der Waals surface area contributed by atoms with E-state index >= 15 is 0 Å². The van der Waals surface area contributed by atoms with Gasteiger partial charge in [-0.15, -0.1) is 0 Å². The summed E-state index contributed by atoms with van der Waals surface area (Å²) in [5, 5.41) is 0. The molecule has 3 heteroatoms. The second kappa shape index (κ2) is 8.07. The molecular weight excluding hydrogens is 260 g/mol. The Labute approximate surface area is 128 Å². The second-order valence-electron chi connectivity index (χ2n) is 5.68. The van der Waals surface area contributed by atoms with Gasteiger partial charge in [0.2, 0.25) is 0 Å². The molecule has 2 N–H and O–H groups in total. The molecule has 0 aliphatic carbocycles. The van der Waals surface area contributed by atoms with Crippen LogP contribution < -0.4 is 10.5 Å². The summed E-state index contributed by atoms with van der Waals surface area (Å²) in [5.74, 6) is 7.87. The molecule has 0 aromatic heterocycles. The lowest BCUT2D eigenvalue weighted by Crippen LogP contribution is -2.34. The van der Waals surface area contributed by atoms with E-state index in [0.29, 0.717) is 6.54 Å². The van der Waals surface area contributed by atoms with Gasteiger partial charge in [-0.05, 0) is 49.1 Å². The number of nitrogens with zero attached hydrogens (tertiary/aromatic N) is 1. The Bertz CT molecular complexity index is 516. The van der Waals surface area contributed by atoms with Gasteiger partial charge in [-0.25, -0.2) is 0 Å². The van der Waals surface area contributed by atoms with Crippen molar-refractivity contribution < 1.29 is 4.74 Å². The molecule has 1 atom stereocenters. The first-order valence-electron chi connectivity index (χ1n) is 7.85. The van der Waals surface area contributed by atoms with Crippen molar-refractivity contribution in [3.8, 4) is 17.6 Å². The van der Waals surface area contributed by atoms with Crippen molar-refractivity contribution in [1.82, 2.24) is 4.90 Å². The van der Waals surface area contributed by atoms with E-state index in [9.17, 15) is 0 Å². The molecule has 1 fully saturated rings. The first-order valence-corrected chi connectivity index (χ1v) is 7.85. The smallest absolute Gasteiger partial charge is 0.119 e. The normalized spacial score (nSPS) is 18.9. The molecule has 0 amide bonds. The minimum absolute atomic E-state index is 0.396. The van der Waals surface area contributed by atoms with Crippen LogP contribution in [0, 0.1) is 17.8 Å². The molecule has 21 heavy (non-hydrogen) atoms. The second-order valence-corrected chi connectivity index (χ2v) is 5.68. The number of rotatable bonds is 4. The predicted octanol–water partition coefficient (Wildman–Crippen LogP) is 2.63. The van der Waals surface area contributed by atoms with Crippen molar-refractivity contribution in [1.29, 1.82) is 0 Å². The van der Waals surface area contributed by atoms with Gasteiger partial charge in [0.1, 0.15) is 5.75 Å². The van der Waals surface area contributed by atoms with Crippen LogP contribution in [0.15, 0.2) is 18.2 Å². The first kappa shape index (κ1) is 15.9. The Kier molecular flexibility index (Phi) is 6.10. The lowest BCUT2D eigenvalue weighted by molar-refractivity contribution is 0.164. The van der Waals surface area contributed by atoms with Crippen molar-refractivity contribution >= 4 is 0 Å². The first-order chi connectivity index (χ1) is 10.3. The number of methoxy groups -OCH3 is 1. The molecule has 3 nitrogen and oxygen atoms in total. The van der Waals surface area contributed by atoms with E-state index in [4.69, 9.17) is 10.5 Å². The average molecular weight is 286 g/mol. The third-order valence-corrected chi connectivity index (χ3v) is 4.21. The number of benzene rings is 1. The maximum atomic E-state index is 5.49. The summed E-state index contributed by atoms with van der Waals surface area (Å²) < 4.78 is 5.35. The molecular formula is C18H26N2O. The zero-order valence-corrected chi connectivity index (χ0v) is 13.2. The van der Waals surface area contributed by atoms with Gasteiger partial charge in [0.05, 0.1) is 13.7 Å².